The van der Waals surface area contributed by atoms with Crippen LogP contribution >= 0.6 is 31.9 Å². The second-order valence-electron chi connectivity index (χ2n) is 22.9. The molecule has 0 saturated heterocycles. The number of benzene rings is 1. The van der Waals surface area contributed by atoms with E-state index in [1.807, 2.05) is 68.6 Å². The van der Waals surface area contributed by atoms with Gasteiger partial charge in [0.1, 0.15) is 26.9 Å². The molecule has 0 fully saturated rings. The molecule has 1 aliphatic rings. The number of primary amides is 1. The lowest BCUT2D eigenvalue weighted by Crippen LogP contribution is -2.50. The topological polar surface area (TPSA) is 425 Å². The second-order valence-corrected chi connectivity index (χ2v) is 24.2. The molecule has 0 radical (unpaired) electrons. The Morgan fingerprint density at radius 3 is 1.76 bits per heavy atom. The molecule has 0 bridgehead atoms. The second kappa shape index (κ2) is 40.6. The molecule has 3 atom stereocenters. The number of ether oxygens (including phenoxy) is 4. The number of aliphatic hydroxyl groups is 1. The molecule has 3 unspecified atom stereocenters. The Morgan fingerprint density at radius 2 is 1.18 bits per heavy atom. The fourth-order valence-electron chi connectivity index (χ4n) is 9.76. The Labute approximate surface area is 615 Å². The fourth-order valence-corrected chi connectivity index (χ4v) is 10.7. The number of aliphatic imine (C=N–C) groups is 1. The number of esters is 4. The number of fused-ring (bicyclic) bond motifs is 3. The number of nitrogens with zero attached hydrogens (tertiary/aromatic N) is 17. The molecule has 1 aliphatic heterocycles. The van der Waals surface area contributed by atoms with Crippen molar-refractivity contribution in [1.29, 1.82) is 0 Å². The SMILES string of the molecule is CB(O)O.CC(C)OC(=O)c1cn(C)nc1CBr.CCOC(=O)c1cn(C)nc1Br.CCOC(=O)c1cn(C)nc1C.CCOC(=O)c1cn(C)nc1CC1N=Cc2cnccc21.Cn1cc(C(=O)NC(Cc2ccccc2)C(O)C(N)=O)c(Cn2ncc3cnccc32)n1.c1cc2[nH]ncc2cn1. The van der Waals surface area contributed by atoms with Crippen LogP contribution < -0.4 is 11.1 Å². The molecule has 36 heteroatoms. The van der Waals surface area contributed by atoms with Crippen molar-refractivity contribution in [1.82, 2.24) is 89.1 Å². The molecule has 1 aromatic carbocycles. The Hall–Kier alpha value is -10.9. The highest BCUT2D eigenvalue weighted by atomic mass is 79.9. The number of aryl methyl sites for hydroxylation is 6. The summed E-state index contributed by atoms with van der Waals surface area (Å²) in [5.41, 5.74) is 15.2. The van der Waals surface area contributed by atoms with Gasteiger partial charge < -0.3 is 45.2 Å². The maximum Gasteiger partial charge on any atom is 0.448 e. The van der Waals surface area contributed by atoms with Gasteiger partial charge in [0.15, 0.2) is 6.10 Å². The van der Waals surface area contributed by atoms with E-state index in [4.69, 9.17) is 34.7 Å². The molecule has 11 heterocycles. The van der Waals surface area contributed by atoms with Crippen LogP contribution in [0.5, 0.6) is 0 Å². The van der Waals surface area contributed by atoms with Gasteiger partial charge in [0.2, 0.25) is 5.91 Å². The van der Waals surface area contributed by atoms with Crippen molar-refractivity contribution < 1.29 is 62.9 Å². The largest absolute Gasteiger partial charge is 0.462 e. The van der Waals surface area contributed by atoms with Crippen LogP contribution in [0.1, 0.15) is 132 Å². The van der Waals surface area contributed by atoms with Gasteiger partial charge in [-0.05, 0) is 100 Å². The highest BCUT2D eigenvalue weighted by Gasteiger charge is 2.29. The molecule has 0 saturated carbocycles. The average molecular weight is 1560 g/mol. The fraction of sp³-hybridized carbons (Fsp3) is 0.338. The number of nitrogens with one attached hydrogen (secondary N) is 2. The number of aliphatic hydroxyl groups excluding tert-OH is 1. The van der Waals surface area contributed by atoms with Gasteiger partial charge in [-0.25, -0.2) is 19.2 Å². The highest BCUT2D eigenvalue weighted by Crippen LogP contribution is 2.30. The van der Waals surface area contributed by atoms with Crippen LogP contribution in [0.2, 0.25) is 6.82 Å². The van der Waals surface area contributed by atoms with Gasteiger partial charge in [-0.2, -0.15) is 35.7 Å². The zero-order valence-electron chi connectivity index (χ0n) is 59.4. The summed E-state index contributed by atoms with van der Waals surface area (Å²) in [4.78, 5) is 87.3. The molecule has 12 rings (SSSR count). The molecule has 550 valence electrons. The van der Waals surface area contributed by atoms with E-state index in [1.165, 1.54) is 11.5 Å². The van der Waals surface area contributed by atoms with E-state index in [1.54, 1.807) is 167 Å². The van der Waals surface area contributed by atoms with Crippen LogP contribution in [0.4, 0.5) is 0 Å². The van der Waals surface area contributed by atoms with Crippen molar-refractivity contribution in [2.45, 2.75) is 97.4 Å². The van der Waals surface area contributed by atoms with Crippen LogP contribution in [0.15, 0.2) is 139 Å². The first-order valence-electron chi connectivity index (χ1n) is 32.3. The number of rotatable bonds is 19. The Bertz CT molecular complexity index is 4550. The number of hydrogen-bond acceptors (Lipinski definition) is 24. The molecule has 0 aliphatic carbocycles. The first-order chi connectivity index (χ1) is 49.6. The number of carbonyl (C=O) groups excluding carboxylic acids is 6. The normalized spacial score (nSPS) is 12.1. The maximum absolute atomic E-state index is 13.1. The first-order valence-corrected chi connectivity index (χ1v) is 34.3. The predicted octanol–water partition coefficient (Wildman–Crippen LogP) is 6.30. The van der Waals surface area contributed by atoms with Crippen LogP contribution in [0.3, 0.4) is 0 Å². The monoisotopic (exact) mass is 1560 g/mol. The molecule has 7 N–H and O–H groups in total. The summed E-state index contributed by atoms with van der Waals surface area (Å²) in [5.74, 6) is -2.68. The van der Waals surface area contributed by atoms with Crippen molar-refractivity contribution >= 4 is 103 Å². The van der Waals surface area contributed by atoms with E-state index < -0.39 is 31.1 Å². The van der Waals surface area contributed by atoms with E-state index >= 15 is 0 Å². The number of H-pyrrole nitrogens is 1. The summed E-state index contributed by atoms with van der Waals surface area (Å²) in [6.07, 6.45) is 23.1. The highest BCUT2D eigenvalue weighted by molar-refractivity contribution is 9.10. The third-order valence-electron chi connectivity index (χ3n) is 14.2. The smallest absolute Gasteiger partial charge is 0.448 e. The number of alkyl halides is 1. The zero-order chi connectivity index (χ0) is 76.2. The van der Waals surface area contributed by atoms with Gasteiger partial charge in [-0.1, -0.05) is 46.3 Å². The minimum Gasteiger partial charge on any atom is -0.462 e. The number of nitrogens with two attached hydrogens (primary N) is 1. The van der Waals surface area contributed by atoms with Crippen LogP contribution in [-0.2, 0) is 83.7 Å². The Morgan fingerprint density at radius 1 is 0.654 bits per heavy atom. The molecular formula is C68H83BBr2N20O13. The van der Waals surface area contributed by atoms with Gasteiger partial charge in [-0.15, -0.1) is 0 Å². The first kappa shape index (κ1) is 82.0. The Kier molecular flexibility index (Phi) is 32.0. The maximum atomic E-state index is 13.1. The lowest BCUT2D eigenvalue weighted by Gasteiger charge is -2.22. The van der Waals surface area contributed by atoms with Crippen LogP contribution in [0.25, 0.3) is 21.8 Å². The molecule has 11 aromatic rings. The number of carbonyl (C=O) groups is 6. The van der Waals surface area contributed by atoms with E-state index in [-0.39, 0.29) is 49.0 Å². The number of hydrogen-bond donors (Lipinski definition) is 6. The van der Waals surface area contributed by atoms with Gasteiger partial charge in [0, 0.05) is 138 Å². The van der Waals surface area contributed by atoms with Crippen molar-refractivity contribution in [2.24, 2.45) is 46.0 Å². The molecule has 10 aromatic heterocycles. The lowest BCUT2D eigenvalue weighted by atomic mass is 9.99. The minimum atomic E-state index is -1.54. The summed E-state index contributed by atoms with van der Waals surface area (Å²) in [6.45, 7) is 13.4. The van der Waals surface area contributed by atoms with Crippen molar-refractivity contribution in [3.63, 3.8) is 0 Å². The van der Waals surface area contributed by atoms with E-state index in [0.717, 1.165) is 38.5 Å². The Balaban J connectivity index is 0.000000205. The lowest BCUT2D eigenvalue weighted by molar-refractivity contribution is -0.127. The van der Waals surface area contributed by atoms with Crippen molar-refractivity contribution in [3.05, 3.63) is 201 Å². The van der Waals surface area contributed by atoms with Crippen LogP contribution in [-0.4, -0.2) is 186 Å². The predicted molar refractivity (Wildman–Crippen MR) is 391 cm³/mol. The quantitative estimate of drug-likeness (QED) is 0.0224. The summed E-state index contributed by atoms with van der Waals surface area (Å²) in [5, 5.41) is 62.7. The molecule has 33 nitrogen and oxygen atoms in total. The van der Waals surface area contributed by atoms with E-state index in [9.17, 15) is 33.9 Å². The number of pyridine rings is 3. The summed E-state index contributed by atoms with van der Waals surface area (Å²) >= 11 is 6.43. The summed E-state index contributed by atoms with van der Waals surface area (Å²) in [6, 6.07) is 14.0. The third-order valence-corrected chi connectivity index (χ3v) is 15.3. The van der Waals surface area contributed by atoms with Crippen LogP contribution in [0, 0.1) is 6.92 Å². The number of halogens is 2. The third kappa shape index (κ3) is 24.7. The van der Waals surface area contributed by atoms with E-state index in [0.29, 0.717) is 86.8 Å². The van der Waals surface area contributed by atoms with Gasteiger partial charge >= 0.3 is 31.0 Å². The van der Waals surface area contributed by atoms with Crippen molar-refractivity contribution in [2.75, 3.05) is 19.8 Å². The number of aromatic amines is 1. The van der Waals surface area contributed by atoms with Gasteiger partial charge in [0.05, 0.1) is 96.3 Å². The summed E-state index contributed by atoms with van der Waals surface area (Å²) in [7, 11) is 7.63. The molecule has 0 spiro atoms. The molecule has 2 amide bonds. The van der Waals surface area contributed by atoms with Gasteiger partial charge in [0.25, 0.3) is 5.91 Å². The molecular weight excluding hydrogens is 1480 g/mol. The number of amides is 2. The van der Waals surface area contributed by atoms with E-state index in [2.05, 4.69) is 97.9 Å². The zero-order valence-corrected chi connectivity index (χ0v) is 62.6. The van der Waals surface area contributed by atoms with Crippen molar-refractivity contribution in [3.8, 4) is 0 Å². The molecule has 104 heavy (non-hydrogen) atoms. The van der Waals surface area contributed by atoms with Gasteiger partial charge in [-0.3, -0.25) is 62.7 Å². The minimum absolute atomic E-state index is 0.0222. The summed E-state index contributed by atoms with van der Waals surface area (Å²) < 4.78 is 30.0. The average Bonchev–Trinajstić information content (AvgIpc) is 1.65. The standard InChI is InChI=1S/C22H23N7O3.C15H16N4O2.C9H13BrN2O2.C8H12N2O2.C7H9BrN2O2.C6H5N3.CH5BO2/c1-28-12-16(18(27-28)13-29-19-7-8-24-10-15(19)11-25-29)22(32)26-17(20(30)21(23)31)9-14-5-3-2-4-6-14;1-3-21-15(20)12-9-19(2)18-14(12)6-13-11-4-5-16-7-10(11)8-17-13;1-6(2)14-9(13)7-5-12(3)11-8(7)4-10;1-4-12-8(11)7-5-10(3)9-6(7)2;1-3-12-7(11)5-4-10(2)9-6(5)8;1-2-7-3-5-4-8-9-6(1)5;1-2(3)4/h2-8,10-12,17,20,30H,9,13H2,1H3,(H2,23,31)(H,26,32);4-5,7-9,13H,3,6H2,1-2H3;5-6H,4H2,1-3H3;5H,4H2,1-3H3;4H,3H2,1-2H3;1-4H,(H,8,9);3-4H,1H3. The number of aromatic nitrogens is 17.